The average Bonchev–Trinajstić information content (AvgIpc) is 2.38. The maximum Gasteiger partial charge on any atom is 0.679 e. The van der Waals surface area contributed by atoms with E-state index in [0.29, 0.717) is 26.4 Å². The Kier molecular flexibility index (Phi) is 14.3. The predicted octanol–water partition coefficient (Wildman–Crippen LogP) is 2.61. The largest absolute Gasteiger partial charge is 0.679 e. The summed E-state index contributed by atoms with van der Waals surface area (Å²) in [6.45, 7) is 14.7. The van der Waals surface area contributed by atoms with Crippen molar-refractivity contribution in [3.63, 3.8) is 0 Å². The third-order valence-electron chi connectivity index (χ3n) is 1.81. The molecule has 0 aliphatic carbocycles. The number of rotatable bonds is 10. The van der Waals surface area contributed by atoms with Crippen molar-refractivity contribution < 1.29 is 27.6 Å². The van der Waals surface area contributed by atoms with Crippen molar-refractivity contribution in [3.05, 3.63) is 12.2 Å². The van der Waals surface area contributed by atoms with Gasteiger partial charge in [0.25, 0.3) is 0 Å². The molecular formula is C13H28O6Si. The first-order chi connectivity index (χ1) is 9.39. The lowest BCUT2D eigenvalue weighted by atomic mass is 10.4. The van der Waals surface area contributed by atoms with E-state index in [2.05, 4.69) is 6.58 Å². The van der Waals surface area contributed by atoms with E-state index < -0.39 is 15.0 Å². The van der Waals surface area contributed by atoms with Crippen LogP contribution in [0.4, 0.5) is 0 Å². The summed E-state index contributed by atoms with van der Waals surface area (Å²) < 4.78 is 22.0. The van der Waals surface area contributed by atoms with Crippen molar-refractivity contribution in [2.45, 2.75) is 41.0 Å². The maximum atomic E-state index is 9.60. The van der Waals surface area contributed by atoms with Gasteiger partial charge in [-0.2, -0.15) is 0 Å². The second-order valence-corrected chi connectivity index (χ2v) is 5.89. The fourth-order valence-corrected chi connectivity index (χ4v) is 3.02. The molecule has 6 nitrogen and oxygen atoms in total. The Morgan fingerprint density at radius 3 is 1.55 bits per heavy atom. The average molecular weight is 308 g/mol. The fraction of sp³-hybridized carbons (Fsp3) is 0.769. The second kappa shape index (κ2) is 13.3. The second-order valence-electron chi connectivity index (χ2n) is 3.73. The summed E-state index contributed by atoms with van der Waals surface area (Å²) in [4.78, 5) is 9.60. The van der Waals surface area contributed by atoms with Gasteiger partial charge < -0.3 is 22.8 Å². The minimum absolute atomic E-state index is 0.176. The first-order valence-electron chi connectivity index (χ1n) is 6.83. The van der Waals surface area contributed by atoms with Gasteiger partial charge in [0.2, 0.25) is 0 Å². The highest BCUT2D eigenvalue weighted by Crippen LogP contribution is 2.12. The summed E-state index contributed by atoms with van der Waals surface area (Å²) in [7, 11) is -2.82. The molecule has 0 aromatic heterocycles. The Morgan fingerprint density at radius 1 is 1.00 bits per heavy atom. The van der Waals surface area contributed by atoms with Gasteiger partial charge in [-0.1, -0.05) is 13.5 Å². The highest BCUT2D eigenvalue weighted by molar-refractivity contribution is 6.53. The van der Waals surface area contributed by atoms with Gasteiger partial charge in [0.15, 0.2) is 0 Å². The minimum atomic E-state index is -2.82. The molecule has 0 rings (SSSR count). The molecule has 0 aliphatic heterocycles. The molecule has 0 saturated heterocycles. The SMILES string of the molecule is C=C(C)C(=O)O.CCCO[Si](OCC)(OCC)OCC. The summed E-state index contributed by atoms with van der Waals surface area (Å²) >= 11 is 0. The Bertz CT molecular complexity index is 241. The minimum Gasteiger partial charge on any atom is -0.478 e. The summed E-state index contributed by atoms with van der Waals surface area (Å²) in [5.74, 6) is -0.935. The van der Waals surface area contributed by atoms with Crippen molar-refractivity contribution in [2.24, 2.45) is 0 Å². The topological polar surface area (TPSA) is 74.2 Å². The lowest BCUT2D eigenvalue weighted by Gasteiger charge is -2.26. The van der Waals surface area contributed by atoms with Crippen molar-refractivity contribution in [1.29, 1.82) is 0 Å². The first-order valence-corrected chi connectivity index (χ1v) is 8.46. The van der Waals surface area contributed by atoms with Crippen LogP contribution in [-0.4, -0.2) is 46.6 Å². The zero-order chi connectivity index (χ0) is 16.0. The molecular weight excluding hydrogens is 280 g/mol. The van der Waals surface area contributed by atoms with Gasteiger partial charge in [-0.15, -0.1) is 0 Å². The van der Waals surface area contributed by atoms with Gasteiger partial charge in [0.05, 0.1) is 0 Å². The van der Waals surface area contributed by atoms with E-state index in [9.17, 15) is 4.79 Å². The Hall–Kier alpha value is -0.733. The lowest BCUT2D eigenvalue weighted by molar-refractivity contribution is -0.132. The van der Waals surface area contributed by atoms with E-state index in [-0.39, 0.29) is 5.57 Å². The first kappa shape index (κ1) is 21.6. The molecule has 0 spiro atoms. The van der Waals surface area contributed by atoms with Crippen LogP contribution in [0.1, 0.15) is 41.0 Å². The van der Waals surface area contributed by atoms with Gasteiger partial charge in [-0.25, -0.2) is 4.79 Å². The number of carboxylic acids is 1. The number of hydrogen-bond donors (Lipinski definition) is 1. The normalized spacial score (nSPS) is 10.7. The predicted molar refractivity (Wildman–Crippen MR) is 79.3 cm³/mol. The van der Waals surface area contributed by atoms with Crippen molar-refractivity contribution in [2.75, 3.05) is 26.4 Å². The molecule has 120 valence electrons. The Balaban J connectivity index is 0. The van der Waals surface area contributed by atoms with Crippen molar-refractivity contribution >= 4 is 15.0 Å². The number of hydrogen-bond acceptors (Lipinski definition) is 5. The van der Waals surface area contributed by atoms with E-state index in [1.807, 2.05) is 27.7 Å². The van der Waals surface area contributed by atoms with Crippen LogP contribution in [0.15, 0.2) is 12.2 Å². The fourth-order valence-electron chi connectivity index (χ4n) is 1.01. The summed E-state index contributed by atoms with van der Waals surface area (Å²) in [6, 6.07) is 0. The van der Waals surface area contributed by atoms with E-state index in [4.69, 9.17) is 22.8 Å². The molecule has 0 heterocycles. The van der Waals surface area contributed by atoms with E-state index in [1.165, 1.54) is 6.92 Å². The zero-order valence-electron chi connectivity index (χ0n) is 13.2. The third kappa shape index (κ3) is 11.1. The van der Waals surface area contributed by atoms with Crippen LogP contribution in [0.25, 0.3) is 0 Å². The maximum absolute atomic E-state index is 9.60. The summed E-state index contributed by atoms with van der Waals surface area (Å²) in [5, 5.41) is 7.89. The van der Waals surface area contributed by atoms with Crippen LogP contribution in [0.2, 0.25) is 0 Å². The van der Waals surface area contributed by atoms with Crippen molar-refractivity contribution in [1.82, 2.24) is 0 Å². The molecule has 1 N–H and O–H groups in total. The highest BCUT2D eigenvalue weighted by Gasteiger charge is 2.44. The molecule has 0 fully saturated rings. The van der Waals surface area contributed by atoms with E-state index >= 15 is 0 Å². The molecule has 0 aliphatic rings. The van der Waals surface area contributed by atoms with E-state index in [1.54, 1.807) is 0 Å². The molecule has 0 saturated carbocycles. The molecule has 0 radical (unpaired) electrons. The van der Waals surface area contributed by atoms with Crippen LogP contribution in [0.3, 0.4) is 0 Å². The van der Waals surface area contributed by atoms with Gasteiger partial charge in [-0.3, -0.25) is 0 Å². The molecule has 0 aromatic carbocycles. The summed E-state index contributed by atoms with van der Waals surface area (Å²) in [6.07, 6.45) is 0.933. The molecule has 20 heavy (non-hydrogen) atoms. The molecule has 0 unspecified atom stereocenters. The standard InChI is InChI=1S/C9H22O4Si.C4H6O2/c1-5-9-13-14(10-6-2,11-7-3)12-8-4;1-3(2)4(5)6/h5-9H2,1-4H3;1H2,2H3,(H,5,6). The molecule has 0 amide bonds. The Labute approximate surface area is 123 Å². The van der Waals surface area contributed by atoms with Crippen LogP contribution >= 0.6 is 0 Å². The van der Waals surface area contributed by atoms with Crippen LogP contribution in [-0.2, 0) is 22.5 Å². The van der Waals surface area contributed by atoms with Gasteiger partial charge in [0, 0.05) is 32.0 Å². The molecule has 0 atom stereocenters. The van der Waals surface area contributed by atoms with E-state index in [0.717, 1.165) is 6.42 Å². The highest BCUT2D eigenvalue weighted by atomic mass is 28.4. The van der Waals surface area contributed by atoms with Crippen LogP contribution in [0.5, 0.6) is 0 Å². The lowest BCUT2D eigenvalue weighted by Crippen LogP contribution is -2.49. The quantitative estimate of drug-likeness (QED) is 0.494. The third-order valence-corrected chi connectivity index (χ3v) is 4.30. The van der Waals surface area contributed by atoms with Gasteiger partial charge in [-0.05, 0) is 34.1 Å². The monoisotopic (exact) mass is 308 g/mol. The number of aliphatic carboxylic acids is 1. The van der Waals surface area contributed by atoms with Crippen molar-refractivity contribution in [3.8, 4) is 0 Å². The van der Waals surface area contributed by atoms with Gasteiger partial charge in [0.1, 0.15) is 0 Å². The van der Waals surface area contributed by atoms with Crippen LogP contribution in [0, 0.1) is 0 Å². The smallest absolute Gasteiger partial charge is 0.478 e. The zero-order valence-corrected chi connectivity index (χ0v) is 14.2. The van der Waals surface area contributed by atoms with Crippen LogP contribution < -0.4 is 0 Å². The molecule has 0 bridgehead atoms. The molecule has 7 heteroatoms. The number of carbonyl (C=O) groups is 1. The summed E-state index contributed by atoms with van der Waals surface area (Å²) in [5.41, 5.74) is 0.176. The number of carboxylic acid groups (broad SMARTS) is 1. The van der Waals surface area contributed by atoms with Gasteiger partial charge >= 0.3 is 15.0 Å². The Morgan fingerprint density at radius 2 is 1.35 bits per heavy atom. The molecule has 0 aromatic rings.